The third-order valence-corrected chi connectivity index (χ3v) is 2.82. The third-order valence-electron chi connectivity index (χ3n) is 2.82. The first-order valence-electron chi connectivity index (χ1n) is 4.14. The molecule has 1 saturated carbocycles. The molecule has 1 aliphatic carbocycles. The second-order valence-electron chi connectivity index (χ2n) is 3.43. The van der Waals surface area contributed by atoms with Crippen molar-refractivity contribution in [3.05, 3.63) is 0 Å². The van der Waals surface area contributed by atoms with Crippen molar-refractivity contribution in [2.24, 2.45) is 5.92 Å². The van der Waals surface area contributed by atoms with Gasteiger partial charge in [-0.3, -0.25) is 0 Å². The van der Waals surface area contributed by atoms with Crippen molar-refractivity contribution in [1.82, 2.24) is 0 Å². The fourth-order valence-corrected chi connectivity index (χ4v) is 2.06. The molecule has 3 rings (SSSR count). The van der Waals surface area contributed by atoms with Crippen LogP contribution in [0.5, 0.6) is 0 Å². The minimum atomic E-state index is -0.171. The number of fused-ring (bicyclic) bond motifs is 2. The zero-order chi connectivity index (χ0) is 7.14. The molecule has 2 heteroatoms. The summed E-state index contributed by atoms with van der Waals surface area (Å²) in [6.45, 7) is 2.14. The molecule has 3 fully saturated rings. The summed E-state index contributed by atoms with van der Waals surface area (Å²) in [5, 5.41) is 9.55. The lowest BCUT2D eigenvalue weighted by Gasteiger charge is -2.48. The number of aliphatic hydroxyl groups is 1. The van der Waals surface area contributed by atoms with E-state index in [1.54, 1.807) is 0 Å². The molecule has 4 atom stereocenters. The molecule has 3 aliphatic rings. The lowest BCUT2D eigenvalue weighted by Crippen LogP contribution is -2.54. The molecule has 0 aromatic carbocycles. The van der Waals surface area contributed by atoms with Gasteiger partial charge in [-0.2, -0.15) is 0 Å². The molecule has 0 radical (unpaired) electrons. The summed E-state index contributed by atoms with van der Waals surface area (Å²) in [5.41, 5.74) is 0. The Bertz CT molecular complexity index is 129. The lowest BCUT2D eigenvalue weighted by molar-refractivity contribution is -0.228. The van der Waals surface area contributed by atoms with E-state index in [9.17, 15) is 5.11 Å². The third kappa shape index (κ3) is 0.789. The van der Waals surface area contributed by atoms with E-state index in [0.717, 1.165) is 19.3 Å². The SMILES string of the molecule is CC[C@H]1C[C@@H]2C[C@@H](O2)[C@@H]1O. The van der Waals surface area contributed by atoms with Crippen LogP contribution in [-0.4, -0.2) is 23.4 Å². The average molecular weight is 142 g/mol. The normalized spacial score (nSPS) is 52.2. The number of ether oxygens (including phenoxy) is 1. The van der Waals surface area contributed by atoms with Gasteiger partial charge in [-0.15, -0.1) is 0 Å². The summed E-state index contributed by atoms with van der Waals surface area (Å²) in [6.07, 6.45) is 3.76. The van der Waals surface area contributed by atoms with E-state index in [-0.39, 0.29) is 12.2 Å². The van der Waals surface area contributed by atoms with Crippen LogP contribution in [0, 0.1) is 5.92 Å². The fourth-order valence-electron chi connectivity index (χ4n) is 2.06. The molecule has 2 saturated heterocycles. The second kappa shape index (κ2) is 2.21. The topological polar surface area (TPSA) is 29.5 Å². The average Bonchev–Trinajstić information content (AvgIpc) is 1.85. The Balaban J connectivity index is 1.99. The van der Waals surface area contributed by atoms with E-state index in [1.165, 1.54) is 0 Å². The van der Waals surface area contributed by atoms with Gasteiger partial charge in [0.2, 0.25) is 0 Å². The number of hydrogen-bond acceptors (Lipinski definition) is 2. The van der Waals surface area contributed by atoms with Crippen LogP contribution >= 0.6 is 0 Å². The minimum Gasteiger partial charge on any atom is -0.390 e. The Morgan fingerprint density at radius 3 is 2.60 bits per heavy atom. The van der Waals surface area contributed by atoms with Gasteiger partial charge in [0, 0.05) is 6.42 Å². The predicted octanol–water partition coefficient (Wildman–Crippen LogP) is 0.935. The molecule has 2 bridgehead atoms. The summed E-state index contributed by atoms with van der Waals surface area (Å²) in [6, 6.07) is 0. The molecule has 2 heterocycles. The fraction of sp³-hybridized carbons (Fsp3) is 1.00. The largest absolute Gasteiger partial charge is 0.390 e. The van der Waals surface area contributed by atoms with Crippen LogP contribution in [0.3, 0.4) is 0 Å². The first kappa shape index (κ1) is 6.62. The molecular formula is C8H14O2. The number of aliphatic hydroxyl groups excluding tert-OH is 1. The number of rotatable bonds is 1. The van der Waals surface area contributed by atoms with Crippen molar-refractivity contribution in [3.8, 4) is 0 Å². The van der Waals surface area contributed by atoms with E-state index in [1.807, 2.05) is 0 Å². The summed E-state index contributed by atoms with van der Waals surface area (Å²) in [7, 11) is 0. The van der Waals surface area contributed by atoms with Crippen LogP contribution in [0.1, 0.15) is 26.2 Å². The zero-order valence-corrected chi connectivity index (χ0v) is 6.29. The van der Waals surface area contributed by atoms with E-state index >= 15 is 0 Å². The van der Waals surface area contributed by atoms with Crippen molar-refractivity contribution in [2.75, 3.05) is 0 Å². The van der Waals surface area contributed by atoms with Crippen molar-refractivity contribution in [2.45, 2.75) is 44.5 Å². The molecular weight excluding hydrogens is 128 g/mol. The maximum Gasteiger partial charge on any atom is 0.0865 e. The first-order chi connectivity index (χ1) is 4.81. The maximum absolute atomic E-state index is 9.55. The van der Waals surface area contributed by atoms with Crippen molar-refractivity contribution in [1.29, 1.82) is 0 Å². The van der Waals surface area contributed by atoms with Crippen LogP contribution < -0.4 is 0 Å². The van der Waals surface area contributed by atoms with Gasteiger partial charge in [-0.25, -0.2) is 0 Å². The van der Waals surface area contributed by atoms with Gasteiger partial charge < -0.3 is 9.84 Å². The summed E-state index contributed by atoms with van der Waals surface area (Å²) >= 11 is 0. The monoisotopic (exact) mass is 142 g/mol. The summed E-state index contributed by atoms with van der Waals surface area (Å²) in [5.74, 6) is 0.512. The van der Waals surface area contributed by atoms with Gasteiger partial charge in [0.25, 0.3) is 0 Å². The minimum absolute atomic E-state index is 0.171. The van der Waals surface area contributed by atoms with Crippen molar-refractivity contribution in [3.63, 3.8) is 0 Å². The standard InChI is InChI=1S/C8H14O2/c1-2-5-3-6-4-7(10-6)8(5)9/h5-9H,2-4H2,1H3/t5-,6+,7+,8+/m0/s1. The molecule has 10 heavy (non-hydrogen) atoms. The predicted molar refractivity (Wildman–Crippen MR) is 37.7 cm³/mol. The maximum atomic E-state index is 9.55. The van der Waals surface area contributed by atoms with Crippen molar-refractivity contribution < 1.29 is 9.84 Å². The van der Waals surface area contributed by atoms with Crippen LogP contribution in [0.15, 0.2) is 0 Å². The summed E-state index contributed by atoms with van der Waals surface area (Å²) < 4.78 is 5.37. The van der Waals surface area contributed by atoms with Gasteiger partial charge in [-0.1, -0.05) is 13.3 Å². The van der Waals surface area contributed by atoms with E-state index in [4.69, 9.17) is 4.74 Å². The lowest BCUT2D eigenvalue weighted by atomic mass is 9.77. The Morgan fingerprint density at radius 2 is 2.20 bits per heavy atom. The zero-order valence-electron chi connectivity index (χ0n) is 6.29. The highest BCUT2D eigenvalue weighted by molar-refractivity contribution is 4.94. The molecule has 0 amide bonds. The quantitative estimate of drug-likeness (QED) is 0.590. The molecule has 0 unspecified atom stereocenters. The Hall–Kier alpha value is -0.0800. The highest BCUT2D eigenvalue weighted by atomic mass is 16.5. The van der Waals surface area contributed by atoms with Gasteiger partial charge in [-0.05, 0) is 12.3 Å². The van der Waals surface area contributed by atoms with Crippen LogP contribution in [0.25, 0.3) is 0 Å². The molecule has 0 aromatic heterocycles. The van der Waals surface area contributed by atoms with Gasteiger partial charge in [0.15, 0.2) is 0 Å². The van der Waals surface area contributed by atoms with Crippen LogP contribution in [-0.2, 0) is 4.74 Å². The molecule has 58 valence electrons. The van der Waals surface area contributed by atoms with E-state index < -0.39 is 0 Å². The Kier molecular flexibility index (Phi) is 1.46. The molecule has 2 nitrogen and oxygen atoms in total. The first-order valence-corrected chi connectivity index (χ1v) is 4.14. The highest BCUT2D eigenvalue weighted by Gasteiger charge is 2.45. The van der Waals surface area contributed by atoms with Gasteiger partial charge in [0.1, 0.15) is 0 Å². The highest BCUT2D eigenvalue weighted by Crippen LogP contribution is 2.39. The Labute approximate surface area is 61.2 Å². The second-order valence-corrected chi connectivity index (χ2v) is 3.43. The molecule has 0 aromatic rings. The molecule has 2 aliphatic heterocycles. The molecule has 1 N–H and O–H groups in total. The summed E-state index contributed by atoms with van der Waals surface area (Å²) in [4.78, 5) is 0. The van der Waals surface area contributed by atoms with Gasteiger partial charge >= 0.3 is 0 Å². The van der Waals surface area contributed by atoms with Crippen molar-refractivity contribution >= 4 is 0 Å². The van der Waals surface area contributed by atoms with Crippen LogP contribution in [0.2, 0.25) is 0 Å². The van der Waals surface area contributed by atoms with E-state index in [2.05, 4.69) is 6.92 Å². The number of hydrogen-bond donors (Lipinski definition) is 1. The van der Waals surface area contributed by atoms with Gasteiger partial charge in [0.05, 0.1) is 18.3 Å². The Morgan fingerprint density at radius 1 is 1.50 bits per heavy atom. The van der Waals surface area contributed by atoms with E-state index in [0.29, 0.717) is 12.0 Å². The molecule has 0 spiro atoms. The smallest absolute Gasteiger partial charge is 0.0865 e. The van der Waals surface area contributed by atoms with Crippen LogP contribution in [0.4, 0.5) is 0 Å².